The van der Waals surface area contributed by atoms with Crippen molar-refractivity contribution >= 4 is 22.2 Å². The lowest BCUT2D eigenvalue weighted by atomic mass is 10.2. The molecular weight excluding hydrogens is 210 g/mol. The average Bonchev–Trinajstić information content (AvgIpc) is 2.17. The van der Waals surface area contributed by atoms with Crippen molar-refractivity contribution in [1.82, 2.24) is 0 Å². The maximum atomic E-state index is 10.8. The van der Waals surface area contributed by atoms with E-state index >= 15 is 0 Å². The Morgan fingerprint density at radius 1 is 1.60 bits per heavy atom. The second-order valence-electron chi connectivity index (χ2n) is 3.12. The van der Waals surface area contributed by atoms with Gasteiger partial charge in [0.05, 0.1) is 11.3 Å². The fraction of sp³-hybridized carbons (Fsp3) is 0.300. The number of benzene rings is 1. The number of nitriles is 1. The highest BCUT2D eigenvalue weighted by atomic mass is 32.2. The van der Waals surface area contributed by atoms with E-state index in [0.29, 0.717) is 23.5 Å². The molecule has 0 aliphatic heterocycles. The molecule has 0 fully saturated rings. The molecule has 0 radical (unpaired) electrons. The summed E-state index contributed by atoms with van der Waals surface area (Å²) in [7, 11) is -0.797. The van der Waals surface area contributed by atoms with Crippen molar-refractivity contribution in [3.8, 4) is 6.07 Å². The molecule has 0 saturated carbocycles. The van der Waals surface area contributed by atoms with Crippen molar-refractivity contribution in [2.24, 2.45) is 0 Å². The standard InChI is InChI=1S/C10H13N3OS/c1-15(14)5-4-13-9-3-2-8(7-11)10(12)6-9/h2-3,6,13H,4-5,12H2,1H3. The summed E-state index contributed by atoms with van der Waals surface area (Å²) in [5.74, 6) is 0.597. The van der Waals surface area contributed by atoms with Crippen LogP contribution in [0.1, 0.15) is 5.56 Å². The highest BCUT2D eigenvalue weighted by Crippen LogP contribution is 2.16. The minimum atomic E-state index is -0.797. The third-order valence-electron chi connectivity index (χ3n) is 1.89. The number of rotatable bonds is 4. The Morgan fingerprint density at radius 2 is 2.33 bits per heavy atom. The van der Waals surface area contributed by atoms with E-state index in [2.05, 4.69) is 5.32 Å². The highest BCUT2D eigenvalue weighted by Gasteiger charge is 1.99. The van der Waals surface area contributed by atoms with Gasteiger partial charge in [-0.2, -0.15) is 5.26 Å². The van der Waals surface area contributed by atoms with Crippen LogP contribution in [0, 0.1) is 11.3 Å². The van der Waals surface area contributed by atoms with E-state index in [1.807, 2.05) is 6.07 Å². The normalized spacial score (nSPS) is 11.7. The van der Waals surface area contributed by atoms with Crippen LogP contribution >= 0.6 is 0 Å². The molecule has 1 aromatic rings. The third kappa shape index (κ3) is 3.60. The van der Waals surface area contributed by atoms with Crippen LogP contribution in [0.2, 0.25) is 0 Å². The van der Waals surface area contributed by atoms with Gasteiger partial charge >= 0.3 is 0 Å². The van der Waals surface area contributed by atoms with Gasteiger partial charge in [-0.25, -0.2) is 0 Å². The van der Waals surface area contributed by atoms with E-state index in [9.17, 15) is 4.21 Å². The summed E-state index contributed by atoms with van der Waals surface area (Å²) in [6, 6.07) is 7.15. The highest BCUT2D eigenvalue weighted by molar-refractivity contribution is 7.84. The largest absolute Gasteiger partial charge is 0.398 e. The van der Waals surface area contributed by atoms with E-state index in [1.54, 1.807) is 24.5 Å². The van der Waals surface area contributed by atoms with Gasteiger partial charge in [0, 0.05) is 35.0 Å². The SMILES string of the molecule is CS(=O)CCNc1ccc(C#N)c(N)c1. The van der Waals surface area contributed by atoms with Crippen LogP contribution in [-0.2, 0) is 10.8 Å². The number of hydrogen-bond donors (Lipinski definition) is 2. The van der Waals surface area contributed by atoms with Gasteiger partial charge < -0.3 is 11.1 Å². The van der Waals surface area contributed by atoms with Crippen LogP contribution in [0.25, 0.3) is 0 Å². The molecule has 3 N–H and O–H groups in total. The van der Waals surface area contributed by atoms with Gasteiger partial charge in [-0.1, -0.05) is 0 Å². The first-order valence-electron chi connectivity index (χ1n) is 4.47. The second-order valence-corrected chi connectivity index (χ2v) is 4.67. The number of nitrogens with two attached hydrogens (primary N) is 1. The maximum Gasteiger partial charge on any atom is 0.101 e. The molecular formula is C10H13N3OS. The molecule has 1 rings (SSSR count). The van der Waals surface area contributed by atoms with E-state index in [-0.39, 0.29) is 0 Å². The molecule has 0 amide bonds. The Hall–Kier alpha value is -1.54. The van der Waals surface area contributed by atoms with Crippen molar-refractivity contribution in [2.75, 3.05) is 29.6 Å². The lowest BCUT2D eigenvalue weighted by molar-refractivity contribution is 0.687. The van der Waals surface area contributed by atoms with Gasteiger partial charge in [0.25, 0.3) is 0 Å². The minimum Gasteiger partial charge on any atom is -0.398 e. The number of nitrogens with zero attached hydrogens (tertiary/aromatic N) is 1. The van der Waals surface area contributed by atoms with Gasteiger partial charge in [-0.15, -0.1) is 0 Å². The summed E-state index contributed by atoms with van der Waals surface area (Å²) in [5, 5.41) is 11.8. The molecule has 0 aliphatic rings. The number of hydrogen-bond acceptors (Lipinski definition) is 4. The molecule has 0 aromatic heterocycles. The van der Waals surface area contributed by atoms with Crippen LogP contribution < -0.4 is 11.1 Å². The molecule has 1 unspecified atom stereocenters. The number of nitrogens with one attached hydrogen (secondary N) is 1. The lowest BCUT2D eigenvalue weighted by Gasteiger charge is -2.06. The summed E-state index contributed by atoms with van der Waals surface area (Å²) < 4.78 is 10.8. The van der Waals surface area contributed by atoms with Crippen molar-refractivity contribution in [2.45, 2.75) is 0 Å². The summed E-state index contributed by atoms with van der Waals surface area (Å²) in [4.78, 5) is 0. The van der Waals surface area contributed by atoms with Gasteiger partial charge in [-0.05, 0) is 18.2 Å². The molecule has 0 spiro atoms. The Labute approximate surface area is 91.5 Å². The molecule has 1 atom stereocenters. The minimum absolute atomic E-state index is 0.458. The predicted octanol–water partition coefficient (Wildman–Crippen LogP) is 0.931. The topological polar surface area (TPSA) is 78.9 Å². The average molecular weight is 223 g/mol. The smallest absolute Gasteiger partial charge is 0.101 e. The van der Waals surface area contributed by atoms with Gasteiger partial charge in [0.1, 0.15) is 6.07 Å². The third-order valence-corrected chi connectivity index (χ3v) is 2.67. The van der Waals surface area contributed by atoms with E-state index in [4.69, 9.17) is 11.0 Å². The first-order chi connectivity index (χ1) is 7.13. The van der Waals surface area contributed by atoms with E-state index < -0.39 is 10.8 Å². The zero-order chi connectivity index (χ0) is 11.3. The molecule has 0 aliphatic carbocycles. The van der Waals surface area contributed by atoms with Crippen LogP contribution in [0.3, 0.4) is 0 Å². The predicted molar refractivity (Wildman–Crippen MR) is 63.0 cm³/mol. The van der Waals surface area contributed by atoms with Crippen molar-refractivity contribution in [3.63, 3.8) is 0 Å². The van der Waals surface area contributed by atoms with E-state index in [0.717, 1.165) is 5.69 Å². The molecule has 4 nitrogen and oxygen atoms in total. The Kier molecular flexibility index (Phi) is 4.13. The summed E-state index contributed by atoms with van der Waals surface area (Å²) in [6.07, 6.45) is 1.66. The van der Waals surface area contributed by atoms with Crippen LogP contribution in [0.15, 0.2) is 18.2 Å². The zero-order valence-corrected chi connectivity index (χ0v) is 9.30. The summed E-state index contributed by atoms with van der Waals surface area (Å²) in [5.41, 5.74) is 7.42. The number of anilines is 2. The van der Waals surface area contributed by atoms with Gasteiger partial charge in [0.15, 0.2) is 0 Å². The van der Waals surface area contributed by atoms with Crippen LogP contribution in [0.5, 0.6) is 0 Å². The lowest BCUT2D eigenvalue weighted by Crippen LogP contribution is -2.10. The Morgan fingerprint density at radius 3 is 2.87 bits per heavy atom. The maximum absolute atomic E-state index is 10.8. The molecule has 0 bridgehead atoms. The second kappa shape index (κ2) is 5.37. The van der Waals surface area contributed by atoms with Crippen molar-refractivity contribution < 1.29 is 4.21 Å². The van der Waals surface area contributed by atoms with E-state index in [1.165, 1.54) is 0 Å². The van der Waals surface area contributed by atoms with Gasteiger partial charge in [-0.3, -0.25) is 4.21 Å². The van der Waals surface area contributed by atoms with Crippen LogP contribution in [0.4, 0.5) is 11.4 Å². The summed E-state index contributed by atoms with van der Waals surface area (Å²) in [6.45, 7) is 0.633. The monoisotopic (exact) mass is 223 g/mol. The fourth-order valence-corrected chi connectivity index (χ4v) is 1.50. The summed E-state index contributed by atoms with van der Waals surface area (Å²) >= 11 is 0. The van der Waals surface area contributed by atoms with Gasteiger partial charge in [0.2, 0.25) is 0 Å². The quantitative estimate of drug-likeness (QED) is 0.744. The molecule has 5 heteroatoms. The molecule has 80 valence electrons. The molecule has 15 heavy (non-hydrogen) atoms. The molecule has 0 heterocycles. The van der Waals surface area contributed by atoms with Crippen LogP contribution in [-0.4, -0.2) is 22.8 Å². The Bertz CT molecular complexity index is 412. The molecule has 1 aromatic carbocycles. The first-order valence-corrected chi connectivity index (χ1v) is 6.19. The van der Waals surface area contributed by atoms with Crippen molar-refractivity contribution in [1.29, 1.82) is 5.26 Å². The Balaban J connectivity index is 2.60. The zero-order valence-electron chi connectivity index (χ0n) is 8.49. The van der Waals surface area contributed by atoms with Crippen molar-refractivity contribution in [3.05, 3.63) is 23.8 Å². The first kappa shape index (κ1) is 11.5. The fourth-order valence-electron chi connectivity index (χ4n) is 1.11. The molecule has 0 saturated heterocycles. The number of nitrogen functional groups attached to an aromatic ring is 1.